The number of oxime groups is 1. The van der Waals surface area contributed by atoms with Crippen LogP contribution in [0.3, 0.4) is 0 Å². The lowest BCUT2D eigenvalue weighted by Crippen LogP contribution is -2.53. The van der Waals surface area contributed by atoms with Crippen molar-refractivity contribution in [1.29, 1.82) is 0 Å². The number of carbonyl (C=O) groups excluding carboxylic acids is 4. The number of amides is 1. The summed E-state index contributed by atoms with van der Waals surface area (Å²) in [6, 6.07) is 11.1. The van der Waals surface area contributed by atoms with Crippen LogP contribution in [0.5, 0.6) is 0 Å². The molecule has 2 aromatic carbocycles. The van der Waals surface area contributed by atoms with Crippen molar-refractivity contribution in [2.45, 2.75) is 37.8 Å². The van der Waals surface area contributed by atoms with E-state index < -0.39 is 54.1 Å². The zero-order chi connectivity index (χ0) is 27.2. The fourth-order valence-electron chi connectivity index (χ4n) is 3.54. The maximum absolute atomic E-state index is 13.1. The number of ketones is 2. The van der Waals surface area contributed by atoms with Crippen molar-refractivity contribution in [1.82, 2.24) is 5.32 Å². The first-order valence-corrected chi connectivity index (χ1v) is 11.8. The van der Waals surface area contributed by atoms with Gasteiger partial charge in [0, 0.05) is 12.0 Å². The minimum Gasteiger partial charge on any atom is -0.481 e. The van der Waals surface area contributed by atoms with Crippen molar-refractivity contribution in [3.8, 4) is 0 Å². The van der Waals surface area contributed by atoms with Crippen LogP contribution in [-0.4, -0.2) is 58.5 Å². The van der Waals surface area contributed by atoms with E-state index in [9.17, 15) is 29.1 Å². The van der Waals surface area contributed by atoms with Crippen LogP contribution in [0.15, 0.2) is 53.7 Å². The summed E-state index contributed by atoms with van der Waals surface area (Å²) in [5.41, 5.74) is -1.42. The Morgan fingerprint density at radius 3 is 2.32 bits per heavy atom. The van der Waals surface area contributed by atoms with E-state index in [0.29, 0.717) is 5.56 Å². The van der Waals surface area contributed by atoms with Crippen molar-refractivity contribution < 1.29 is 38.7 Å². The summed E-state index contributed by atoms with van der Waals surface area (Å²) < 4.78 is 4.97. The first kappa shape index (κ1) is 27.8. The number of hydrogen-bond donors (Lipinski definition) is 2. The third kappa shape index (κ3) is 6.52. The van der Waals surface area contributed by atoms with Gasteiger partial charge in [0.15, 0.2) is 12.4 Å². The maximum atomic E-state index is 13.1. The molecule has 0 aliphatic carbocycles. The van der Waals surface area contributed by atoms with E-state index in [2.05, 4.69) is 10.5 Å². The summed E-state index contributed by atoms with van der Waals surface area (Å²) in [5, 5.41) is 15.4. The molecule has 2 aromatic rings. The highest BCUT2D eigenvalue weighted by Gasteiger charge is 2.47. The Balaban J connectivity index is 1.69. The molecule has 0 fully saturated rings. The Morgan fingerprint density at radius 1 is 1.08 bits per heavy atom. The summed E-state index contributed by atoms with van der Waals surface area (Å²) in [6.07, 6.45) is -0.898. The van der Waals surface area contributed by atoms with Gasteiger partial charge in [-0.2, -0.15) is 0 Å². The molecule has 1 heterocycles. The third-order valence-electron chi connectivity index (χ3n) is 5.65. The van der Waals surface area contributed by atoms with Crippen LogP contribution in [0, 0.1) is 0 Å². The Bertz CT molecular complexity index is 1240. The van der Waals surface area contributed by atoms with Gasteiger partial charge < -0.3 is 20.0 Å². The highest BCUT2D eigenvalue weighted by atomic mass is 35.5. The van der Waals surface area contributed by atoms with Gasteiger partial charge in [0.2, 0.25) is 11.4 Å². The van der Waals surface area contributed by atoms with Gasteiger partial charge in [0.1, 0.15) is 11.8 Å². The Hall–Kier alpha value is -3.76. The number of benzene rings is 2. The van der Waals surface area contributed by atoms with Gasteiger partial charge in [-0.25, -0.2) is 4.79 Å². The van der Waals surface area contributed by atoms with E-state index in [1.807, 2.05) is 0 Å². The van der Waals surface area contributed by atoms with Crippen molar-refractivity contribution in [3.63, 3.8) is 0 Å². The molecule has 10 nitrogen and oxygen atoms in total. The molecule has 1 aliphatic rings. The van der Waals surface area contributed by atoms with Gasteiger partial charge in [-0.1, -0.05) is 71.7 Å². The first-order valence-electron chi connectivity index (χ1n) is 11.1. The second-order valence-electron chi connectivity index (χ2n) is 8.11. The maximum Gasteiger partial charge on any atom is 0.341 e. The lowest BCUT2D eigenvalue weighted by Gasteiger charge is -2.26. The fourth-order valence-corrected chi connectivity index (χ4v) is 4.09. The molecule has 0 saturated heterocycles. The number of Topliss-reactive ketones (excluding diaryl/α,β-unsaturated/α-hetero) is 2. The summed E-state index contributed by atoms with van der Waals surface area (Å²) in [5.74, 6) is -4.53. The molecule has 0 bridgehead atoms. The highest BCUT2D eigenvalue weighted by molar-refractivity contribution is 6.46. The first-order chi connectivity index (χ1) is 17.6. The minimum absolute atomic E-state index is 0.00413. The van der Waals surface area contributed by atoms with E-state index in [1.165, 1.54) is 18.2 Å². The molecule has 0 radical (unpaired) electrons. The largest absolute Gasteiger partial charge is 0.481 e. The SMILES string of the molecule is CCC1(C(=O)N[C@@H](CC(=O)O)C(=O)COC(=O)c2c(Cl)cccc2Cl)CC(C(=O)c2ccccc2)=NO1. The second kappa shape index (κ2) is 12.0. The zero-order valence-electron chi connectivity index (χ0n) is 19.5. The monoisotopic (exact) mass is 548 g/mol. The number of carbonyl (C=O) groups is 5. The van der Waals surface area contributed by atoms with E-state index in [4.69, 9.17) is 32.8 Å². The predicted octanol–water partition coefficient (Wildman–Crippen LogP) is 3.49. The Morgan fingerprint density at radius 2 is 1.73 bits per heavy atom. The number of carboxylic acid groups (broad SMARTS) is 1. The molecule has 2 N–H and O–H groups in total. The molecular weight excluding hydrogens is 527 g/mol. The van der Waals surface area contributed by atoms with Gasteiger partial charge in [-0.05, 0) is 18.6 Å². The molecule has 0 spiro atoms. The topological polar surface area (TPSA) is 148 Å². The van der Waals surface area contributed by atoms with E-state index in [0.717, 1.165) is 0 Å². The number of halogens is 2. The number of rotatable bonds is 11. The molecular formula is C25H22Cl2N2O8. The quantitative estimate of drug-likeness (QED) is 0.320. The molecule has 0 saturated carbocycles. The summed E-state index contributed by atoms with van der Waals surface area (Å²) in [7, 11) is 0. The predicted molar refractivity (Wildman–Crippen MR) is 133 cm³/mol. The van der Waals surface area contributed by atoms with Crippen molar-refractivity contribution >= 4 is 58.3 Å². The third-order valence-corrected chi connectivity index (χ3v) is 6.28. The smallest absolute Gasteiger partial charge is 0.341 e. The Kier molecular flexibility index (Phi) is 9.01. The molecule has 1 aliphatic heterocycles. The van der Waals surface area contributed by atoms with Crippen LogP contribution in [0.25, 0.3) is 0 Å². The average Bonchev–Trinajstić information content (AvgIpc) is 3.32. The van der Waals surface area contributed by atoms with Gasteiger partial charge in [-0.15, -0.1) is 0 Å². The van der Waals surface area contributed by atoms with Crippen molar-refractivity contribution in [2.75, 3.05) is 6.61 Å². The minimum atomic E-state index is -1.63. The van der Waals surface area contributed by atoms with Crippen LogP contribution in [-0.2, 0) is 24.0 Å². The van der Waals surface area contributed by atoms with Crippen molar-refractivity contribution in [2.24, 2.45) is 5.16 Å². The molecule has 3 rings (SSSR count). The zero-order valence-corrected chi connectivity index (χ0v) is 21.0. The molecule has 2 atom stereocenters. The van der Waals surface area contributed by atoms with Crippen LogP contribution in [0.1, 0.15) is 46.9 Å². The molecule has 1 amide bonds. The summed E-state index contributed by atoms with van der Waals surface area (Å²) in [6.45, 7) is 0.765. The van der Waals surface area contributed by atoms with E-state index in [1.54, 1.807) is 37.3 Å². The van der Waals surface area contributed by atoms with Crippen molar-refractivity contribution in [3.05, 3.63) is 69.7 Å². The molecule has 37 heavy (non-hydrogen) atoms. The Labute approximate surface area is 221 Å². The number of hydrogen-bond acceptors (Lipinski definition) is 8. The standard InChI is InChI=1S/C25H22Cl2N2O8/c1-2-25(12-18(29-37-25)22(33)14-7-4-3-5-8-14)24(35)28-17(11-20(31)32)19(30)13-36-23(34)21-15(26)9-6-10-16(21)27/h3-10,17H,2,11-13H2,1H3,(H,28,35)(H,31,32)/t17-,25?/m0/s1. The van der Waals surface area contributed by atoms with Gasteiger partial charge >= 0.3 is 11.9 Å². The number of esters is 1. The normalized spacial score (nSPS) is 17.2. The highest BCUT2D eigenvalue weighted by Crippen LogP contribution is 2.30. The number of nitrogens with one attached hydrogen (secondary N) is 1. The molecule has 0 aromatic heterocycles. The number of aliphatic carboxylic acids is 1. The van der Waals surface area contributed by atoms with Gasteiger partial charge in [-0.3, -0.25) is 19.2 Å². The van der Waals surface area contributed by atoms with Crippen LogP contribution >= 0.6 is 23.2 Å². The number of nitrogens with zero attached hydrogens (tertiary/aromatic N) is 1. The van der Waals surface area contributed by atoms with Gasteiger partial charge in [0.25, 0.3) is 5.91 Å². The summed E-state index contributed by atoms with van der Waals surface area (Å²) in [4.78, 5) is 67.7. The fraction of sp³-hybridized carbons (Fsp3) is 0.280. The molecule has 1 unspecified atom stereocenters. The molecule has 194 valence electrons. The molecule has 12 heteroatoms. The number of carboxylic acids is 1. The van der Waals surface area contributed by atoms with Crippen LogP contribution < -0.4 is 5.32 Å². The van der Waals surface area contributed by atoms with E-state index in [-0.39, 0.29) is 34.2 Å². The van der Waals surface area contributed by atoms with Gasteiger partial charge in [0.05, 0.1) is 22.0 Å². The van der Waals surface area contributed by atoms with Crippen LogP contribution in [0.4, 0.5) is 0 Å². The van der Waals surface area contributed by atoms with E-state index >= 15 is 0 Å². The average molecular weight is 549 g/mol. The number of ether oxygens (including phenoxy) is 1. The van der Waals surface area contributed by atoms with Crippen LogP contribution in [0.2, 0.25) is 10.0 Å². The summed E-state index contributed by atoms with van der Waals surface area (Å²) >= 11 is 11.9. The second-order valence-corrected chi connectivity index (χ2v) is 8.93. The lowest BCUT2D eigenvalue weighted by molar-refractivity contribution is -0.148. The lowest BCUT2D eigenvalue weighted by atomic mass is 9.90.